The predicted octanol–water partition coefficient (Wildman–Crippen LogP) is 2.85. The highest BCUT2D eigenvalue weighted by molar-refractivity contribution is 5.62. The SMILES string of the molecule is CNCc1cc(-c2ccccc2F)[nH]c1C. The minimum absolute atomic E-state index is 0.195. The molecule has 0 fully saturated rings. The summed E-state index contributed by atoms with van der Waals surface area (Å²) in [6.45, 7) is 2.79. The quantitative estimate of drug-likeness (QED) is 0.814. The Labute approximate surface area is 94.5 Å². The second kappa shape index (κ2) is 4.49. The van der Waals surface area contributed by atoms with Crippen molar-refractivity contribution in [1.29, 1.82) is 0 Å². The third-order valence-electron chi connectivity index (χ3n) is 2.65. The maximum atomic E-state index is 13.6. The van der Waals surface area contributed by atoms with Crippen molar-refractivity contribution in [2.24, 2.45) is 0 Å². The summed E-state index contributed by atoms with van der Waals surface area (Å²) in [4.78, 5) is 3.21. The first-order valence-corrected chi connectivity index (χ1v) is 5.30. The highest BCUT2D eigenvalue weighted by Crippen LogP contribution is 2.24. The van der Waals surface area contributed by atoms with Crippen LogP contribution in [0, 0.1) is 12.7 Å². The summed E-state index contributed by atoms with van der Waals surface area (Å²) < 4.78 is 13.6. The molecule has 0 aliphatic heterocycles. The van der Waals surface area contributed by atoms with Crippen molar-refractivity contribution in [2.45, 2.75) is 13.5 Å². The van der Waals surface area contributed by atoms with Crippen LogP contribution in [-0.4, -0.2) is 12.0 Å². The molecule has 1 aromatic heterocycles. The van der Waals surface area contributed by atoms with E-state index in [4.69, 9.17) is 0 Å². The molecule has 0 aliphatic rings. The Morgan fingerprint density at radius 2 is 2.06 bits per heavy atom. The van der Waals surface area contributed by atoms with Crippen molar-refractivity contribution >= 4 is 0 Å². The van der Waals surface area contributed by atoms with Gasteiger partial charge in [0, 0.05) is 23.5 Å². The van der Waals surface area contributed by atoms with Crippen molar-refractivity contribution in [2.75, 3.05) is 7.05 Å². The van der Waals surface area contributed by atoms with Gasteiger partial charge in [0.1, 0.15) is 5.82 Å². The van der Waals surface area contributed by atoms with Gasteiger partial charge in [-0.3, -0.25) is 0 Å². The Hall–Kier alpha value is -1.61. The van der Waals surface area contributed by atoms with E-state index in [0.29, 0.717) is 5.56 Å². The van der Waals surface area contributed by atoms with Gasteiger partial charge in [0.05, 0.1) is 0 Å². The van der Waals surface area contributed by atoms with Crippen molar-refractivity contribution in [1.82, 2.24) is 10.3 Å². The number of hydrogen-bond donors (Lipinski definition) is 2. The molecule has 0 saturated heterocycles. The highest BCUT2D eigenvalue weighted by Gasteiger charge is 2.08. The van der Waals surface area contributed by atoms with Gasteiger partial charge in [-0.15, -0.1) is 0 Å². The number of aromatic nitrogens is 1. The molecule has 16 heavy (non-hydrogen) atoms. The average Bonchev–Trinajstić information content (AvgIpc) is 2.61. The first kappa shape index (κ1) is 10.9. The number of rotatable bonds is 3. The lowest BCUT2D eigenvalue weighted by Gasteiger charge is -1.98. The fourth-order valence-electron chi connectivity index (χ4n) is 1.80. The summed E-state index contributed by atoms with van der Waals surface area (Å²) in [5, 5.41) is 3.09. The zero-order valence-corrected chi connectivity index (χ0v) is 9.47. The van der Waals surface area contributed by atoms with E-state index in [-0.39, 0.29) is 5.82 Å². The Balaban J connectivity index is 2.42. The summed E-state index contributed by atoms with van der Waals surface area (Å²) >= 11 is 0. The largest absolute Gasteiger partial charge is 0.358 e. The lowest BCUT2D eigenvalue weighted by atomic mass is 10.1. The molecule has 0 amide bonds. The van der Waals surface area contributed by atoms with Crippen LogP contribution in [0.5, 0.6) is 0 Å². The van der Waals surface area contributed by atoms with E-state index in [9.17, 15) is 4.39 Å². The van der Waals surface area contributed by atoms with Crippen LogP contribution in [0.1, 0.15) is 11.3 Å². The van der Waals surface area contributed by atoms with Gasteiger partial charge in [0.15, 0.2) is 0 Å². The molecule has 0 saturated carbocycles. The molecule has 0 spiro atoms. The molecular weight excluding hydrogens is 203 g/mol. The van der Waals surface area contributed by atoms with E-state index in [1.807, 2.05) is 26.1 Å². The van der Waals surface area contributed by atoms with Gasteiger partial charge >= 0.3 is 0 Å². The Kier molecular flexibility index (Phi) is 3.06. The van der Waals surface area contributed by atoms with Crippen molar-refractivity contribution in [3.63, 3.8) is 0 Å². The fourth-order valence-corrected chi connectivity index (χ4v) is 1.80. The van der Waals surface area contributed by atoms with Gasteiger partial charge < -0.3 is 10.3 Å². The third kappa shape index (κ3) is 1.99. The number of hydrogen-bond acceptors (Lipinski definition) is 1. The molecule has 1 heterocycles. The van der Waals surface area contributed by atoms with Crippen molar-refractivity contribution in [3.05, 3.63) is 47.4 Å². The number of aryl methyl sites for hydroxylation is 1. The van der Waals surface area contributed by atoms with Crippen molar-refractivity contribution in [3.8, 4) is 11.3 Å². The monoisotopic (exact) mass is 218 g/mol. The normalized spacial score (nSPS) is 10.7. The number of halogens is 1. The molecule has 2 rings (SSSR count). The molecule has 0 bridgehead atoms. The minimum Gasteiger partial charge on any atom is -0.358 e. The molecule has 0 radical (unpaired) electrons. The summed E-state index contributed by atoms with van der Waals surface area (Å²) in [5.41, 5.74) is 3.70. The van der Waals surface area contributed by atoms with Gasteiger partial charge in [-0.05, 0) is 37.7 Å². The van der Waals surface area contributed by atoms with E-state index >= 15 is 0 Å². The third-order valence-corrected chi connectivity index (χ3v) is 2.65. The molecule has 2 N–H and O–H groups in total. The van der Waals surface area contributed by atoms with Gasteiger partial charge in [-0.25, -0.2) is 4.39 Å². The lowest BCUT2D eigenvalue weighted by molar-refractivity contribution is 0.631. The number of benzene rings is 1. The van der Waals surface area contributed by atoms with Crippen LogP contribution in [0.3, 0.4) is 0 Å². The zero-order chi connectivity index (χ0) is 11.5. The van der Waals surface area contributed by atoms with Crippen LogP contribution in [-0.2, 0) is 6.54 Å². The van der Waals surface area contributed by atoms with Crippen LogP contribution in [0.15, 0.2) is 30.3 Å². The summed E-state index contributed by atoms with van der Waals surface area (Å²) in [5.74, 6) is -0.195. The topological polar surface area (TPSA) is 27.8 Å². The van der Waals surface area contributed by atoms with Crippen LogP contribution in [0.25, 0.3) is 11.3 Å². The van der Waals surface area contributed by atoms with Crippen LogP contribution >= 0.6 is 0 Å². The van der Waals surface area contributed by atoms with Crippen molar-refractivity contribution < 1.29 is 4.39 Å². The van der Waals surface area contributed by atoms with Crippen LogP contribution in [0.2, 0.25) is 0 Å². The summed E-state index contributed by atoms with van der Waals surface area (Å²) in [6.07, 6.45) is 0. The van der Waals surface area contributed by atoms with E-state index in [1.54, 1.807) is 12.1 Å². The number of nitrogens with one attached hydrogen (secondary N) is 2. The molecular formula is C13H15FN2. The Morgan fingerprint density at radius 1 is 1.31 bits per heavy atom. The van der Waals surface area contributed by atoms with Gasteiger partial charge in [-0.2, -0.15) is 0 Å². The van der Waals surface area contributed by atoms with E-state index in [0.717, 1.165) is 17.9 Å². The minimum atomic E-state index is -0.195. The Bertz CT molecular complexity index is 488. The first-order valence-electron chi connectivity index (χ1n) is 5.30. The van der Waals surface area contributed by atoms with E-state index in [1.165, 1.54) is 11.6 Å². The molecule has 2 aromatic rings. The standard InChI is InChI=1S/C13H15FN2/c1-9-10(8-15-2)7-13(16-9)11-5-3-4-6-12(11)14/h3-7,15-16H,8H2,1-2H3. The molecule has 0 unspecified atom stereocenters. The van der Waals surface area contributed by atoms with E-state index < -0.39 is 0 Å². The molecule has 3 heteroatoms. The Morgan fingerprint density at radius 3 is 2.75 bits per heavy atom. The van der Waals surface area contributed by atoms with E-state index in [2.05, 4.69) is 10.3 Å². The molecule has 0 atom stereocenters. The zero-order valence-electron chi connectivity index (χ0n) is 9.47. The molecule has 2 nitrogen and oxygen atoms in total. The second-order valence-corrected chi connectivity index (χ2v) is 3.84. The molecule has 0 aliphatic carbocycles. The van der Waals surface area contributed by atoms with Crippen LogP contribution < -0.4 is 5.32 Å². The van der Waals surface area contributed by atoms with Crippen LogP contribution in [0.4, 0.5) is 4.39 Å². The maximum Gasteiger partial charge on any atom is 0.132 e. The van der Waals surface area contributed by atoms with Gasteiger partial charge in [-0.1, -0.05) is 12.1 Å². The summed E-state index contributed by atoms with van der Waals surface area (Å²) in [7, 11) is 1.90. The second-order valence-electron chi connectivity index (χ2n) is 3.84. The maximum absolute atomic E-state index is 13.6. The van der Waals surface area contributed by atoms with Gasteiger partial charge in [0.25, 0.3) is 0 Å². The highest BCUT2D eigenvalue weighted by atomic mass is 19.1. The number of aromatic amines is 1. The summed E-state index contributed by atoms with van der Waals surface area (Å²) in [6, 6.07) is 8.78. The molecule has 84 valence electrons. The fraction of sp³-hybridized carbons (Fsp3) is 0.231. The number of H-pyrrole nitrogens is 1. The molecule has 1 aromatic carbocycles. The smallest absolute Gasteiger partial charge is 0.132 e. The average molecular weight is 218 g/mol. The lowest BCUT2D eigenvalue weighted by Crippen LogP contribution is -2.04. The predicted molar refractivity (Wildman–Crippen MR) is 63.7 cm³/mol. The first-order chi connectivity index (χ1) is 7.72. The van der Waals surface area contributed by atoms with Gasteiger partial charge in [0.2, 0.25) is 0 Å².